The Morgan fingerprint density at radius 3 is 2.33 bits per heavy atom. The molecule has 5 nitrogen and oxygen atoms in total. The molecular weight excluding hydrogens is 306 g/mol. The number of rotatable bonds is 3. The van der Waals surface area contributed by atoms with Gasteiger partial charge in [-0.25, -0.2) is 0 Å². The van der Waals surface area contributed by atoms with Crippen LogP contribution in [0.25, 0.3) is 0 Å². The lowest BCUT2D eigenvalue weighted by atomic mass is 9.72. The Bertz CT molecular complexity index is 599. The quantitative estimate of drug-likeness (QED) is 0.924. The minimum absolute atomic E-state index is 0.106. The molecule has 2 aliphatic rings. The molecule has 2 heterocycles. The third-order valence-corrected chi connectivity index (χ3v) is 5.59. The summed E-state index contributed by atoms with van der Waals surface area (Å²) in [4.78, 5) is 26.7. The first-order chi connectivity index (χ1) is 11.5. The van der Waals surface area contributed by atoms with E-state index in [1.165, 1.54) is 0 Å². The third-order valence-electron chi connectivity index (χ3n) is 5.59. The number of amides is 1. The van der Waals surface area contributed by atoms with Gasteiger partial charge in [-0.1, -0.05) is 30.3 Å². The van der Waals surface area contributed by atoms with Crippen molar-refractivity contribution in [3.63, 3.8) is 0 Å². The second-order valence-corrected chi connectivity index (χ2v) is 7.26. The van der Waals surface area contributed by atoms with Crippen molar-refractivity contribution < 1.29 is 19.4 Å². The highest BCUT2D eigenvalue weighted by Crippen LogP contribution is 2.38. The van der Waals surface area contributed by atoms with Crippen molar-refractivity contribution in [3.8, 4) is 0 Å². The molecule has 2 saturated heterocycles. The molecule has 0 spiro atoms. The van der Waals surface area contributed by atoms with E-state index in [0.717, 1.165) is 25.0 Å². The summed E-state index contributed by atoms with van der Waals surface area (Å²) in [6.45, 7) is 4.11. The van der Waals surface area contributed by atoms with Crippen molar-refractivity contribution in [2.75, 3.05) is 26.3 Å². The number of piperidine rings is 1. The van der Waals surface area contributed by atoms with Crippen LogP contribution in [0, 0.1) is 5.41 Å². The largest absolute Gasteiger partial charge is 0.481 e. The van der Waals surface area contributed by atoms with Gasteiger partial charge in [-0.2, -0.15) is 0 Å². The summed E-state index contributed by atoms with van der Waals surface area (Å²) >= 11 is 0. The first kappa shape index (κ1) is 17.0. The predicted molar refractivity (Wildman–Crippen MR) is 89.7 cm³/mol. The van der Waals surface area contributed by atoms with Crippen molar-refractivity contribution in [1.82, 2.24) is 4.90 Å². The number of likely N-dealkylation sites (tertiary alicyclic amines) is 1. The van der Waals surface area contributed by atoms with E-state index < -0.39 is 16.8 Å². The monoisotopic (exact) mass is 331 g/mol. The zero-order valence-electron chi connectivity index (χ0n) is 14.2. The summed E-state index contributed by atoms with van der Waals surface area (Å²) in [6, 6.07) is 9.39. The van der Waals surface area contributed by atoms with Crippen LogP contribution < -0.4 is 0 Å². The van der Waals surface area contributed by atoms with Gasteiger partial charge in [-0.3, -0.25) is 9.59 Å². The molecule has 2 aliphatic heterocycles. The Hall–Kier alpha value is -1.88. The summed E-state index contributed by atoms with van der Waals surface area (Å²) in [7, 11) is 0. The second-order valence-electron chi connectivity index (χ2n) is 7.26. The number of hydrogen-bond acceptors (Lipinski definition) is 3. The Morgan fingerprint density at radius 2 is 1.79 bits per heavy atom. The maximum Gasteiger partial charge on any atom is 0.314 e. The first-order valence-electron chi connectivity index (χ1n) is 8.64. The smallest absolute Gasteiger partial charge is 0.314 e. The van der Waals surface area contributed by atoms with Gasteiger partial charge in [-0.05, 0) is 38.2 Å². The SMILES string of the molecule is CC1(C(=O)N2CCC(C(=O)O)(c3ccccc3)CC2)CCCOC1. The van der Waals surface area contributed by atoms with Gasteiger partial charge in [0.15, 0.2) is 0 Å². The van der Waals surface area contributed by atoms with E-state index in [-0.39, 0.29) is 5.91 Å². The van der Waals surface area contributed by atoms with Crippen LogP contribution in [0.1, 0.15) is 38.2 Å². The summed E-state index contributed by atoms with van der Waals surface area (Å²) < 4.78 is 5.50. The van der Waals surface area contributed by atoms with E-state index >= 15 is 0 Å². The zero-order chi connectivity index (χ0) is 17.2. The fraction of sp³-hybridized carbons (Fsp3) is 0.579. The first-order valence-corrected chi connectivity index (χ1v) is 8.64. The maximum absolute atomic E-state index is 12.9. The molecule has 24 heavy (non-hydrogen) atoms. The molecule has 1 aromatic rings. The number of carboxylic acid groups (broad SMARTS) is 1. The summed E-state index contributed by atoms with van der Waals surface area (Å²) in [6.07, 6.45) is 2.65. The van der Waals surface area contributed by atoms with E-state index in [4.69, 9.17) is 4.74 Å². The fourth-order valence-electron chi connectivity index (χ4n) is 3.96. The van der Waals surface area contributed by atoms with Crippen LogP contribution in [0.15, 0.2) is 30.3 Å². The van der Waals surface area contributed by atoms with Crippen LogP contribution in [-0.2, 0) is 19.7 Å². The lowest BCUT2D eigenvalue weighted by Gasteiger charge is -2.43. The molecule has 130 valence electrons. The minimum atomic E-state index is -0.887. The van der Waals surface area contributed by atoms with Crippen LogP contribution in [0.2, 0.25) is 0 Å². The lowest BCUT2D eigenvalue weighted by Crippen LogP contribution is -2.53. The van der Waals surface area contributed by atoms with Gasteiger partial charge in [-0.15, -0.1) is 0 Å². The van der Waals surface area contributed by atoms with E-state index in [9.17, 15) is 14.7 Å². The van der Waals surface area contributed by atoms with Crippen LogP contribution in [0.4, 0.5) is 0 Å². The number of benzene rings is 1. The third kappa shape index (κ3) is 2.93. The minimum Gasteiger partial charge on any atom is -0.481 e. The van der Waals surface area contributed by atoms with Gasteiger partial charge in [0.05, 0.1) is 17.4 Å². The lowest BCUT2D eigenvalue weighted by molar-refractivity contribution is -0.155. The molecule has 1 unspecified atom stereocenters. The van der Waals surface area contributed by atoms with Crippen molar-refractivity contribution in [3.05, 3.63) is 35.9 Å². The zero-order valence-corrected chi connectivity index (χ0v) is 14.2. The molecule has 1 amide bonds. The predicted octanol–water partition coefficient (Wildman–Crippen LogP) is 2.45. The van der Waals surface area contributed by atoms with E-state index in [0.29, 0.717) is 32.5 Å². The number of carbonyl (C=O) groups excluding carboxylic acids is 1. The van der Waals surface area contributed by atoms with Gasteiger partial charge in [0.25, 0.3) is 0 Å². The van der Waals surface area contributed by atoms with E-state index in [2.05, 4.69) is 0 Å². The van der Waals surface area contributed by atoms with Gasteiger partial charge in [0.2, 0.25) is 5.91 Å². The van der Waals surface area contributed by atoms with Crippen LogP contribution >= 0.6 is 0 Å². The highest BCUT2D eigenvalue weighted by Gasteiger charge is 2.46. The van der Waals surface area contributed by atoms with Gasteiger partial charge >= 0.3 is 5.97 Å². The van der Waals surface area contributed by atoms with E-state index in [1.54, 1.807) is 0 Å². The van der Waals surface area contributed by atoms with Crippen molar-refractivity contribution in [2.45, 2.75) is 38.0 Å². The molecule has 0 radical (unpaired) electrons. The van der Waals surface area contributed by atoms with Gasteiger partial charge < -0.3 is 14.7 Å². The molecule has 3 rings (SSSR count). The van der Waals surface area contributed by atoms with Gasteiger partial charge in [0.1, 0.15) is 0 Å². The summed E-state index contributed by atoms with van der Waals surface area (Å²) in [5, 5.41) is 9.84. The van der Waals surface area contributed by atoms with Crippen LogP contribution in [-0.4, -0.2) is 48.2 Å². The van der Waals surface area contributed by atoms with Crippen LogP contribution in [0.3, 0.4) is 0 Å². The highest BCUT2D eigenvalue weighted by molar-refractivity contribution is 5.85. The fourth-order valence-corrected chi connectivity index (χ4v) is 3.96. The Kier molecular flexibility index (Phi) is 4.63. The van der Waals surface area contributed by atoms with E-state index in [1.807, 2.05) is 42.2 Å². The van der Waals surface area contributed by atoms with Crippen molar-refractivity contribution in [2.24, 2.45) is 5.41 Å². The number of aliphatic carboxylic acids is 1. The maximum atomic E-state index is 12.9. The number of carboxylic acids is 1. The second kappa shape index (κ2) is 6.55. The van der Waals surface area contributed by atoms with Crippen molar-refractivity contribution in [1.29, 1.82) is 0 Å². The molecule has 0 aromatic heterocycles. The molecule has 5 heteroatoms. The van der Waals surface area contributed by atoms with Gasteiger partial charge in [0, 0.05) is 19.7 Å². The molecule has 1 aromatic carbocycles. The molecule has 1 N–H and O–H groups in total. The number of nitrogens with zero attached hydrogens (tertiary/aromatic N) is 1. The number of ether oxygens (including phenoxy) is 1. The normalized spacial score (nSPS) is 26.8. The Morgan fingerprint density at radius 1 is 1.12 bits per heavy atom. The number of carbonyl (C=O) groups is 2. The van der Waals surface area contributed by atoms with Crippen LogP contribution in [0.5, 0.6) is 0 Å². The van der Waals surface area contributed by atoms with Crippen molar-refractivity contribution >= 4 is 11.9 Å². The molecule has 2 fully saturated rings. The molecule has 0 saturated carbocycles. The molecule has 0 bridgehead atoms. The average molecular weight is 331 g/mol. The molecule has 0 aliphatic carbocycles. The Labute approximate surface area is 142 Å². The highest BCUT2D eigenvalue weighted by atomic mass is 16.5. The number of hydrogen-bond donors (Lipinski definition) is 1. The summed E-state index contributed by atoms with van der Waals surface area (Å²) in [5.74, 6) is -0.692. The standard InChI is InChI=1S/C19H25NO4/c1-18(8-5-13-24-14-18)16(21)20-11-9-19(10-12-20,17(22)23)15-6-3-2-4-7-15/h2-4,6-7H,5,8-14H2,1H3,(H,22,23). The molecule has 1 atom stereocenters. The average Bonchev–Trinajstić information content (AvgIpc) is 2.62. The topological polar surface area (TPSA) is 66.8 Å². The Balaban J connectivity index is 1.74. The summed E-state index contributed by atoms with van der Waals surface area (Å²) in [5.41, 5.74) is -0.521. The molecular formula is C19H25NO4.